The molecule has 122 valence electrons. The van der Waals surface area contributed by atoms with E-state index in [0.29, 0.717) is 17.8 Å². The van der Waals surface area contributed by atoms with E-state index in [1.165, 1.54) is 18.7 Å². The summed E-state index contributed by atoms with van der Waals surface area (Å²) in [6.45, 7) is 7.81. The second kappa shape index (κ2) is 6.17. The normalized spacial score (nSPS) is 12.2. The highest BCUT2D eigenvalue weighted by Gasteiger charge is 2.14. The van der Waals surface area contributed by atoms with E-state index in [-0.39, 0.29) is 12.2 Å². The summed E-state index contributed by atoms with van der Waals surface area (Å²) in [6, 6.07) is 4.25. The molecule has 0 amide bonds. The molecule has 23 heavy (non-hydrogen) atoms. The Bertz CT molecular complexity index is 796. The minimum absolute atomic E-state index is 0.232. The molecule has 0 spiro atoms. The number of halogens is 1. The Hall–Kier alpha value is -2.13. The van der Waals surface area contributed by atoms with Crippen LogP contribution in [0.5, 0.6) is 0 Å². The predicted molar refractivity (Wildman–Crippen MR) is 86.5 cm³/mol. The zero-order valence-corrected chi connectivity index (χ0v) is 14.4. The number of aromatic nitrogens is 6. The van der Waals surface area contributed by atoms with Gasteiger partial charge >= 0.3 is 0 Å². The molecule has 2 heterocycles. The molecule has 0 saturated heterocycles. The molecular formula is C14H19FN6OSi. The van der Waals surface area contributed by atoms with Crippen molar-refractivity contribution in [2.45, 2.75) is 32.4 Å². The fourth-order valence-electron chi connectivity index (χ4n) is 2.12. The Kier molecular flexibility index (Phi) is 4.22. The molecule has 0 unspecified atom stereocenters. The van der Waals surface area contributed by atoms with Crippen molar-refractivity contribution in [3.8, 4) is 5.69 Å². The highest BCUT2D eigenvalue weighted by atomic mass is 28.3. The Morgan fingerprint density at radius 2 is 1.91 bits per heavy atom. The van der Waals surface area contributed by atoms with E-state index in [1.807, 2.05) is 0 Å². The minimum atomic E-state index is -1.13. The number of hydrogen-bond donors (Lipinski definition) is 0. The first-order valence-electron chi connectivity index (χ1n) is 7.39. The predicted octanol–water partition coefficient (Wildman–Crippen LogP) is 2.46. The molecule has 3 rings (SSSR count). The van der Waals surface area contributed by atoms with E-state index < -0.39 is 13.9 Å². The van der Waals surface area contributed by atoms with Crippen LogP contribution in [0.4, 0.5) is 4.39 Å². The lowest BCUT2D eigenvalue weighted by Crippen LogP contribution is -2.22. The van der Waals surface area contributed by atoms with Crippen molar-refractivity contribution in [2.75, 3.05) is 6.61 Å². The maximum Gasteiger partial charge on any atom is 0.155 e. The molecule has 0 aliphatic carbocycles. The average Bonchev–Trinajstić information content (AvgIpc) is 3.12. The summed E-state index contributed by atoms with van der Waals surface area (Å²) < 4.78 is 23.1. The third-order valence-electron chi connectivity index (χ3n) is 3.49. The molecule has 0 aliphatic rings. The van der Waals surface area contributed by atoms with Gasteiger partial charge in [-0.25, -0.2) is 9.07 Å². The number of hydrogen-bond acceptors (Lipinski definition) is 5. The van der Waals surface area contributed by atoms with Crippen molar-refractivity contribution in [3.05, 3.63) is 30.6 Å². The summed E-state index contributed by atoms with van der Waals surface area (Å²) in [5, 5.41) is 15.3. The summed E-state index contributed by atoms with van der Waals surface area (Å²) in [5.74, 6) is -0.431. The van der Waals surface area contributed by atoms with Gasteiger partial charge in [0.1, 0.15) is 24.9 Å². The van der Waals surface area contributed by atoms with Gasteiger partial charge in [-0.1, -0.05) is 24.9 Å². The number of ether oxygens (including phenoxy) is 1. The minimum Gasteiger partial charge on any atom is -0.359 e. The third kappa shape index (κ3) is 3.62. The van der Waals surface area contributed by atoms with Gasteiger partial charge in [-0.15, -0.1) is 15.3 Å². The standard InChI is InChI=1S/C14H19FN6OSi/c1-23(2,3)5-4-22-10-21-13-7-11(20-8-16-17-9-20)6-12(15)14(13)18-19-21/h6-9H,4-5,10H2,1-3H3. The zero-order chi connectivity index (χ0) is 16.4. The summed E-state index contributed by atoms with van der Waals surface area (Å²) in [4.78, 5) is 0. The van der Waals surface area contributed by atoms with Gasteiger partial charge in [-0.3, -0.25) is 4.57 Å². The van der Waals surface area contributed by atoms with Crippen LogP contribution >= 0.6 is 0 Å². The van der Waals surface area contributed by atoms with Crippen LogP contribution < -0.4 is 0 Å². The summed E-state index contributed by atoms with van der Waals surface area (Å²) in [5.41, 5.74) is 1.43. The van der Waals surface area contributed by atoms with Crippen molar-refractivity contribution in [1.82, 2.24) is 29.8 Å². The summed E-state index contributed by atoms with van der Waals surface area (Å²) in [7, 11) is -1.13. The quantitative estimate of drug-likeness (QED) is 0.511. The van der Waals surface area contributed by atoms with E-state index in [9.17, 15) is 4.39 Å². The number of nitrogens with zero attached hydrogens (tertiary/aromatic N) is 6. The van der Waals surface area contributed by atoms with Gasteiger partial charge < -0.3 is 4.74 Å². The van der Waals surface area contributed by atoms with Crippen molar-refractivity contribution in [2.24, 2.45) is 0 Å². The highest BCUT2D eigenvalue weighted by molar-refractivity contribution is 6.76. The maximum absolute atomic E-state index is 14.2. The SMILES string of the molecule is C[Si](C)(C)CCOCn1nnc2c(F)cc(-n3cnnc3)cc21. The largest absolute Gasteiger partial charge is 0.359 e. The van der Waals surface area contributed by atoms with Crippen LogP contribution in [-0.2, 0) is 11.5 Å². The van der Waals surface area contributed by atoms with Gasteiger partial charge in [0.25, 0.3) is 0 Å². The van der Waals surface area contributed by atoms with Gasteiger partial charge in [-0.2, -0.15) is 0 Å². The lowest BCUT2D eigenvalue weighted by Gasteiger charge is -2.15. The topological polar surface area (TPSA) is 70.7 Å². The lowest BCUT2D eigenvalue weighted by atomic mass is 10.2. The smallest absolute Gasteiger partial charge is 0.155 e. The van der Waals surface area contributed by atoms with Gasteiger partial charge in [-0.05, 0) is 12.1 Å². The molecule has 0 fully saturated rings. The molecule has 0 bridgehead atoms. The molecule has 9 heteroatoms. The molecule has 1 aromatic carbocycles. The average molecular weight is 334 g/mol. The first kappa shape index (κ1) is 15.8. The van der Waals surface area contributed by atoms with E-state index >= 15 is 0 Å². The Morgan fingerprint density at radius 3 is 2.61 bits per heavy atom. The van der Waals surface area contributed by atoms with E-state index in [0.717, 1.165) is 6.04 Å². The molecule has 3 aromatic rings. The van der Waals surface area contributed by atoms with Crippen LogP contribution in [0.1, 0.15) is 0 Å². The Balaban J connectivity index is 1.81. The number of fused-ring (bicyclic) bond motifs is 1. The second-order valence-electron chi connectivity index (χ2n) is 6.60. The van der Waals surface area contributed by atoms with Crippen molar-refractivity contribution < 1.29 is 9.13 Å². The van der Waals surface area contributed by atoms with Crippen molar-refractivity contribution >= 4 is 19.1 Å². The van der Waals surface area contributed by atoms with Crippen LogP contribution in [0.3, 0.4) is 0 Å². The van der Waals surface area contributed by atoms with Gasteiger partial charge in [0.05, 0.1) is 11.2 Å². The number of benzene rings is 1. The zero-order valence-electron chi connectivity index (χ0n) is 13.4. The van der Waals surface area contributed by atoms with Crippen molar-refractivity contribution in [1.29, 1.82) is 0 Å². The molecule has 0 saturated carbocycles. The third-order valence-corrected chi connectivity index (χ3v) is 5.19. The highest BCUT2D eigenvalue weighted by Crippen LogP contribution is 2.20. The van der Waals surface area contributed by atoms with Crippen LogP contribution in [0.15, 0.2) is 24.8 Å². The lowest BCUT2D eigenvalue weighted by molar-refractivity contribution is 0.0803. The van der Waals surface area contributed by atoms with Crippen LogP contribution in [-0.4, -0.2) is 44.4 Å². The van der Waals surface area contributed by atoms with Crippen molar-refractivity contribution in [3.63, 3.8) is 0 Å². The Labute approximate surface area is 134 Å². The molecule has 0 aliphatic heterocycles. The first-order chi connectivity index (χ1) is 10.9. The summed E-state index contributed by atoms with van der Waals surface area (Å²) in [6.07, 6.45) is 3.03. The molecule has 0 radical (unpaired) electrons. The van der Waals surface area contributed by atoms with Crippen LogP contribution in [0, 0.1) is 5.82 Å². The fourth-order valence-corrected chi connectivity index (χ4v) is 2.88. The number of rotatable bonds is 6. The Morgan fingerprint density at radius 1 is 1.17 bits per heavy atom. The van der Waals surface area contributed by atoms with Crippen LogP contribution in [0.25, 0.3) is 16.7 Å². The molecule has 2 aromatic heterocycles. The molecular weight excluding hydrogens is 315 g/mol. The summed E-state index contributed by atoms with van der Waals surface area (Å²) >= 11 is 0. The molecule has 0 N–H and O–H groups in total. The van der Waals surface area contributed by atoms with E-state index in [1.54, 1.807) is 15.3 Å². The van der Waals surface area contributed by atoms with E-state index in [2.05, 4.69) is 40.2 Å². The molecule has 0 atom stereocenters. The second-order valence-corrected chi connectivity index (χ2v) is 12.2. The van der Waals surface area contributed by atoms with Gasteiger partial charge in [0.15, 0.2) is 5.82 Å². The molecule has 7 nitrogen and oxygen atoms in total. The first-order valence-corrected chi connectivity index (χ1v) is 11.1. The van der Waals surface area contributed by atoms with E-state index in [4.69, 9.17) is 4.74 Å². The maximum atomic E-state index is 14.2. The van der Waals surface area contributed by atoms with Gasteiger partial charge in [0, 0.05) is 20.7 Å². The van der Waals surface area contributed by atoms with Crippen LogP contribution in [0.2, 0.25) is 25.7 Å². The monoisotopic (exact) mass is 334 g/mol. The van der Waals surface area contributed by atoms with Gasteiger partial charge in [0.2, 0.25) is 0 Å². The fraction of sp³-hybridized carbons (Fsp3) is 0.429.